The van der Waals surface area contributed by atoms with Crippen molar-refractivity contribution in [2.24, 2.45) is 5.84 Å². The minimum absolute atomic E-state index is 0.569. The number of thioether (sulfide) groups is 1. The number of rotatable bonds is 9. The van der Waals surface area contributed by atoms with Crippen molar-refractivity contribution < 1.29 is 9.90 Å². The van der Waals surface area contributed by atoms with E-state index in [4.69, 9.17) is 10.9 Å². The fraction of sp³-hybridized carbons (Fsp3) is 0.538. The molecular formula is C13H21N3O2S. The summed E-state index contributed by atoms with van der Waals surface area (Å²) < 4.78 is 0. The van der Waals surface area contributed by atoms with Crippen LogP contribution in [0.1, 0.15) is 18.4 Å². The number of hydrogen-bond acceptors (Lipinski definition) is 5. The van der Waals surface area contributed by atoms with Crippen molar-refractivity contribution in [2.75, 3.05) is 18.6 Å². The Labute approximate surface area is 118 Å². The van der Waals surface area contributed by atoms with E-state index in [2.05, 4.69) is 4.98 Å². The van der Waals surface area contributed by atoms with Crippen LogP contribution in [-0.2, 0) is 11.2 Å². The van der Waals surface area contributed by atoms with Gasteiger partial charge in [0.15, 0.2) is 0 Å². The topological polar surface area (TPSA) is 79.5 Å². The second kappa shape index (κ2) is 8.90. The van der Waals surface area contributed by atoms with Gasteiger partial charge >= 0.3 is 5.97 Å². The van der Waals surface area contributed by atoms with E-state index in [0.717, 1.165) is 24.2 Å². The molecule has 0 aliphatic carbocycles. The maximum atomic E-state index is 11.1. The average Bonchev–Trinajstić information content (AvgIpc) is 2.40. The van der Waals surface area contributed by atoms with Gasteiger partial charge in [-0.1, -0.05) is 6.07 Å². The van der Waals surface area contributed by atoms with Gasteiger partial charge in [-0.2, -0.15) is 11.8 Å². The first kappa shape index (κ1) is 15.9. The van der Waals surface area contributed by atoms with Crippen molar-refractivity contribution in [1.82, 2.24) is 9.99 Å². The molecule has 0 aromatic carbocycles. The van der Waals surface area contributed by atoms with Crippen LogP contribution in [0.25, 0.3) is 0 Å². The highest BCUT2D eigenvalue weighted by molar-refractivity contribution is 7.98. The van der Waals surface area contributed by atoms with Gasteiger partial charge in [0.05, 0.1) is 0 Å². The summed E-state index contributed by atoms with van der Waals surface area (Å²) in [7, 11) is 0. The van der Waals surface area contributed by atoms with Crippen molar-refractivity contribution in [3.05, 3.63) is 30.1 Å². The van der Waals surface area contributed by atoms with Crippen LogP contribution in [0.3, 0.4) is 0 Å². The molecule has 5 nitrogen and oxygen atoms in total. The van der Waals surface area contributed by atoms with Crippen LogP contribution in [-0.4, -0.2) is 45.7 Å². The third kappa shape index (κ3) is 6.04. The van der Waals surface area contributed by atoms with E-state index in [1.807, 2.05) is 24.6 Å². The van der Waals surface area contributed by atoms with E-state index in [1.165, 1.54) is 5.01 Å². The van der Waals surface area contributed by atoms with Gasteiger partial charge in [-0.15, -0.1) is 0 Å². The number of pyridine rings is 1. The molecule has 1 aromatic rings. The van der Waals surface area contributed by atoms with E-state index in [1.54, 1.807) is 18.0 Å². The highest BCUT2D eigenvalue weighted by Gasteiger charge is 2.22. The van der Waals surface area contributed by atoms with E-state index >= 15 is 0 Å². The molecule has 0 aliphatic heterocycles. The highest BCUT2D eigenvalue weighted by atomic mass is 32.2. The average molecular weight is 283 g/mol. The number of carboxylic acids is 1. The van der Waals surface area contributed by atoms with E-state index in [-0.39, 0.29) is 0 Å². The first-order chi connectivity index (χ1) is 9.15. The monoisotopic (exact) mass is 283 g/mol. The molecule has 0 saturated heterocycles. The Morgan fingerprint density at radius 1 is 1.63 bits per heavy atom. The smallest absolute Gasteiger partial charge is 0.322 e. The Morgan fingerprint density at radius 3 is 3.00 bits per heavy atom. The van der Waals surface area contributed by atoms with Gasteiger partial charge in [0.2, 0.25) is 0 Å². The molecule has 1 aromatic heterocycles. The zero-order valence-corrected chi connectivity index (χ0v) is 12.0. The number of hydrazine groups is 1. The third-order valence-corrected chi connectivity index (χ3v) is 3.53. The number of hydrogen-bond donors (Lipinski definition) is 2. The van der Waals surface area contributed by atoms with E-state index < -0.39 is 12.0 Å². The van der Waals surface area contributed by atoms with Gasteiger partial charge in [-0.05, 0) is 42.9 Å². The van der Waals surface area contributed by atoms with Gasteiger partial charge in [-0.25, -0.2) is 5.01 Å². The quantitative estimate of drug-likeness (QED) is 0.527. The van der Waals surface area contributed by atoms with Crippen LogP contribution < -0.4 is 5.84 Å². The fourth-order valence-electron chi connectivity index (χ4n) is 1.83. The zero-order chi connectivity index (χ0) is 14.1. The molecule has 0 amide bonds. The number of aliphatic carboxylic acids is 1. The third-order valence-electron chi connectivity index (χ3n) is 2.89. The van der Waals surface area contributed by atoms with Crippen LogP contribution >= 0.6 is 11.8 Å². The summed E-state index contributed by atoms with van der Waals surface area (Å²) in [5.74, 6) is 5.80. The summed E-state index contributed by atoms with van der Waals surface area (Å²) >= 11 is 1.63. The first-order valence-corrected chi connectivity index (χ1v) is 7.66. The number of carbonyl (C=O) groups is 1. The van der Waals surface area contributed by atoms with E-state index in [0.29, 0.717) is 13.0 Å². The van der Waals surface area contributed by atoms with Crippen molar-refractivity contribution in [1.29, 1.82) is 0 Å². The molecule has 3 N–H and O–H groups in total. The van der Waals surface area contributed by atoms with Crippen molar-refractivity contribution in [3.63, 3.8) is 0 Å². The minimum Gasteiger partial charge on any atom is -0.480 e. The maximum Gasteiger partial charge on any atom is 0.322 e. The molecular weight excluding hydrogens is 262 g/mol. The Morgan fingerprint density at radius 2 is 2.42 bits per heavy atom. The largest absolute Gasteiger partial charge is 0.480 e. The van der Waals surface area contributed by atoms with Crippen LogP contribution in [0.15, 0.2) is 24.5 Å². The zero-order valence-electron chi connectivity index (χ0n) is 11.2. The molecule has 1 atom stereocenters. The summed E-state index contributed by atoms with van der Waals surface area (Å²) in [4.78, 5) is 15.2. The Bertz CT molecular complexity index is 375. The van der Waals surface area contributed by atoms with E-state index in [9.17, 15) is 4.79 Å². The molecule has 1 rings (SSSR count). The summed E-state index contributed by atoms with van der Waals surface area (Å²) in [6.45, 7) is 0.570. The fourth-order valence-corrected chi connectivity index (χ4v) is 2.29. The summed E-state index contributed by atoms with van der Waals surface area (Å²) in [5.41, 5.74) is 1.15. The lowest BCUT2D eigenvalue weighted by molar-refractivity contribution is -0.143. The van der Waals surface area contributed by atoms with Crippen LogP contribution in [0.4, 0.5) is 0 Å². The summed E-state index contributed by atoms with van der Waals surface area (Å²) in [6, 6.07) is 3.31. The molecule has 0 saturated carbocycles. The molecule has 6 heteroatoms. The normalized spacial score (nSPS) is 12.6. The standard InChI is InChI=1S/C13H21N3O2S/c1-19-9-6-12(13(17)18)16(14)8-3-5-11-4-2-7-15-10-11/h2,4,7,10,12H,3,5-6,8-9,14H2,1H3,(H,17,18). The number of nitrogens with zero attached hydrogens (tertiary/aromatic N) is 2. The Balaban J connectivity index is 2.35. The van der Waals surface area contributed by atoms with Gasteiger partial charge in [-0.3, -0.25) is 15.6 Å². The number of carboxylic acid groups (broad SMARTS) is 1. The van der Waals surface area contributed by atoms with Gasteiger partial charge in [0, 0.05) is 18.9 Å². The van der Waals surface area contributed by atoms with Crippen molar-refractivity contribution in [2.45, 2.75) is 25.3 Å². The minimum atomic E-state index is -0.849. The lowest BCUT2D eigenvalue weighted by Crippen LogP contribution is -2.46. The van der Waals surface area contributed by atoms with Crippen LogP contribution in [0.5, 0.6) is 0 Å². The van der Waals surface area contributed by atoms with Gasteiger partial charge in [0.25, 0.3) is 0 Å². The van der Waals surface area contributed by atoms with Crippen molar-refractivity contribution in [3.8, 4) is 0 Å². The van der Waals surface area contributed by atoms with Gasteiger partial charge < -0.3 is 5.11 Å². The summed E-state index contributed by atoms with van der Waals surface area (Å²) in [5, 5.41) is 10.6. The molecule has 1 heterocycles. The molecule has 106 valence electrons. The van der Waals surface area contributed by atoms with Crippen LogP contribution in [0.2, 0.25) is 0 Å². The van der Waals surface area contributed by atoms with Crippen molar-refractivity contribution >= 4 is 17.7 Å². The highest BCUT2D eigenvalue weighted by Crippen LogP contribution is 2.08. The molecule has 0 aliphatic rings. The lowest BCUT2D eigenvalue weighted by atomic mass is 10.1. The first-order valence-electron chi connectivity index (χ1n) is 6.27. The molecule has 19 heavy (non-hydrogen) atoms. The Kier molecular flexibility index (Phi) is 7.47. The molecule has 0 radical (unpaired) electrons. The molecule has 1 unspecified atom stereocenters. The molecule has 0 bridgehead atoms. The number of aryl methyl sites for hydroxylation is 1. The van der Waals surface area contributed by atoms with Gasteiger partial charge in [0.1, 0.15) is 6.04 Å². The second-order valence-electron chi connectivity index (χ2n) is 4.34. The maximum absolute atomic E-state index is 11.1. The van der Waals surface area contributed by atoms with Crippen LogP contribution in [0, 0.1) is 0 Å². The SMILES string of the molecule is CSCCC(C(=O)O)N(N)CCCc1cccnc1. The Hall–Kier alpha value is -1.11. The predicted octanol–water partition coefficient (Wildman–Crippen LogP) is 1.40. The predicted molar refractivity (Wildman–Crippen MR) is 77.9 cm³/mol. The molecule has 0 fully saturated rings. The lowest BCUT2D eigenvalue weighted by Gasteiger charge is -2.23. The number of aromatic nitrogens is 1. The molecule has 0 spiro atoms. The number of nitrogens with two attached hydrogens (primary N) is 1. The second-order valence-corrected chi connectivity index (χ2v) is 5.32. The summed E-state index contributed by atoms with van der Waals surface area (Å²) in [6.07, 6.45) is 7.77.